The van der Waals surface area contributed by atoms with E-state index in [-0.39, 0.29) is 11.7 Å². The van der Waals surface area contributed by atoms with Gasteiger partial charge in [0.15, 0.2) is 4.96 Å². The SMILES string of the molecule is Cc1cn2c(CN(C)C(=O)C3(c4ccc(F)cc4)CCCC3)c(C)nc2s1. The van der Waals surface area contributed by atoms with Gasteiger partial charge in [0.05, 0.1) is 23.3 Å². The largest absolute Gasteiger partial charge is 0.339 e. The van der Waals surface area contributed by atoms with Crippen LogP contribution in [-0.2, 0) is 16.8 Å². The van der Waals surface area contributed by atoms with Crippen LogP contribution in [0.2, 0.25) is 0 Å². The molecule has 4 rings (SSSR count). The Kier molecular flexibility index (Phi) is 4.54. The Balaban J connectivity index is 1.65. The zero-order valence-electron chi connectivity index (χ0n) is 16.0. The summed E-state index contributed by atoms with van der Waals surface area (Å²) in [4.78, 5) is 22.2. The molecule has 1 aliphatic rings. The molecule has 4 nitrogen and oxygen atoms in total. The van der Waals surface area contributed by atoms with Crippen molar-refractivity contribution in [2.45, 2.75) is 51.5 Å². The van der Waals surface area contributed by atoms with Gasteiger partial charge in [-0.3, -0.25) is 9.20 Å². The Morgan fingerprint density at radius 1 is 1.26 bits per heavy atom. The Hall–Kier alpha value is -2.21. The standard InChI is InChI=1S/C21H24FN3OS/c1-14-12-25-18(15(2)23-20(25)27-14)13-24(3)19(26)21(10-4-5-11-21)16-6-8-17(22)9-7-16/h6-9,12H,4-5,10-11,13H2,1-3H3. The van der Waals surface area contributed by atoms with Crippen molar-refractivity contribution in [3.8, 4) is 0 Å². The number of rotatable bonds is 4. The Morgan fingerprint density at radius 3 is 2.59 bits per heavy atom. The van der Waals surface area contributed by atoms with Gasteiger partial charge in [-0.05, 0) is 44.4 Å². The van der Waals surface area contributed by atoms with E-state index in [0.29, 0.717) is 6.54 Å². The topological polar surface area (TPSA) is 37.6 Å². The van der Waals surface area contributed by atoms with E-state index in [1.165, 1.54) is 17.0 Å². The number of hydrogen-bond donors (Lipinski definition) is 0. The van der Waals surface area contributed by atoms with Crippen LogP contribution in [0.15, 0.2) is 30.5 Å². The summed E-state index contributed by atoms with van der Waals surface area (Å²) in [6, 6.07) is 6.47. The molecule has 3 aromatic rings. The number of aryl methyl sites for hydroxylation is 2. The molecule has 6 heteroatoms. The molecular weight excluding hydrogens is 361 g/mol. The maximum absolute atomic E-state index is 13.5. The molecule has 27 heavy (non-hydrogen) atoms. The Morgan fingerprint density at radius 2 is 1.93 bits per heavy atom. The second kappa shape index (κ2) is 6.75. The van der Waals surface area contributed by atoms with Crippen molar-refractivity contribution < 1.29 is 9.18 Å². The van der Waals surface area contributed by atoms with Crippen LogP contribution in [-0.4, -0.2) is 27.2 Å². The third kappa shape index (κ3) is 3.06. The summed E-state index contributed by atoms with van der Waals surface area (Å²) in [6.07, 6.45) is 5.77. The molecule has 142 valence electrons. The maximum atomic E-state index is 13.5. The fourth-order valence-corrected chi connectivity index (χ4v) is 5.22. The first-order chi connectivity index (χ1) is 12.9. The van der Waals surface area contributed by atoms with Crippen LogP contribution >= 0.6 is 11.3 Å². The number of likely N-dealkylation sites (N-methyl/N-ethyl adjacent to an activating group) is 1. The first-order valence-electron chi connectivity index (χ1n) is 9.36. The highest BCUT2D eigenvalue weighted by atomic mass is 32.1. The van der Waals surface area contributed by atoms with Gasteiger partial charge in [0.1, 0.15) is 5.82 Å². The minimum absolute atomic E-state index is 0.118. The first-order valence-corrected chi connectivity index (χ1v) is 10.2. The third-order valence-corrected chi connectivity index (χ3v) is 6.64. The Labute approximate surface area is 162 Å². The number of halogens is 1. The summed E-state index contributed by atoms with van der Waals surface area (Å²) in [5, 5.41) is 0. The van der Waals surface area contributed by atoms with Crippen molar-refractivity contribution in [1.29, 1.82) is 0 Å². The molecule has 0 aliphatic heterocycles. The zero-order chi connectivity index (χ0) is 19.2. The minimum Gasteiger partial charge on any atom is -0.339 e. The monoisotopic (exact) mass is 385 g/mol. The number of carbonyl (C=O) groups is 1. The normalized spacial score (nSPS) is 16.1. The van der Waals surface area contributed by atoms with E-state index in [4.69, 9.17) is 0 Å². The smallest absolute Gasteiger partial charge is 0.233 e. The summed E-state index contributed by atoms with van der Waals surface area (Å²) in [7, 11) is 1.87. The fraction of sp³-hybridized carbons (Fsp3) is 0.429. The molecule has 0 spiro atoms. The van der Waals surface area contributed by atoms with Gasteiger partial charge in [0, 0.05) is 18.1 Å². The maximum Gasteiger partial charge on any atom is 0.233 e. The van der Waals surface area contributed by atoms with E-state index in [9.17, 15) is 9.18 Å². The fourth-order valence-electron chi connectivity index (χ4n) is 4.33. The predicted octanol–water partition coefficient (Wildman–Crippen LogP) is 4.62. The number of fused-ring (bicyclic) bond motifs is 1. The van der Waals surface area contributed by atoms with E-state index in [1.54, 1.807) is 23.5 Å². The molecule has 0 radical (unpaired) electrons. The van der Waals surface area contributed by atoms with Crippen molar-refractivity contribution >= 4 is 22.2 Å². The highest BCUT2D eigenvalue weighted by Crippen LogP contribution is 2.42. The number of amides is 1. The van der Waals surface area contributed by atoms with Gasteiger partial charge in [-0.1, -0.05) is 25.0 Å². The van der Waals surface area contributed by atoms with Gasteiger partial charge in [0.2, 0.25) is 5.91 Å². The van der Waals surface area contributed by atoms with Gasteiger partial charge in [-0.2, -0.15) is 0 Å². The van der Waals surface area contributed by atoms with Crippen LogP contribution in [0, 0.1) is 19.7 Å². The number of benzene rings is 1. The number of aromatic nitrogens is 2. The molecule has 2 aromatic heterocycles. The minimum atomic E-state index is -0.537. The average molecular weight is 386 g/mol. The quantitative estimate of drug-likeness (QED) is 0.657. The van der Waals surface area contributed by atoms with Gasteiger partial charge >= 0.3 is 0 Å². The lowest BCUT2D eigenvalue weighted by Gasteiger charge is -2.33. The lowest BCUT2D eigenvalue weighted by molar-refractivity contribution is -0.136. The third-order valence-electron chi connectivity index (χ3n) is 5.74. The van der Waals surface area contributed by atoms with E-state index in [2.05, 4.69) is 22.5 Å². The lowest BCUT2D eigenvalue weighted by Crippen LogP contribution is -2.43. The van der Waals surface area contributed by atoms with Gasteiger partial charge in [-0.25, -0.2) is 9.37 Å². The molecule has 1 saturated carbocycles. The Bertz CT molecular complexity index is 983. The van der Waals surface area contributed by atoms with E-state index < -0.39 is 5.41 Å². The van der Waals surface area contributed by atoms with Gasteiger partial charge in [-0.15, -0.1) is 11.3 Å². The van der Waals surface area contributed by atoms with E-state index in [0.717, 1.165) is 47.6 Å². The second-order valence-electron chi connectivity index (χ2n) is 7.60. The molecule has 1 aromatic carbocycles. The van der Waals surface area contributed by atoms with Gasteiger partial charge < -0.3 is 4.90 Å². The van der Waals surface area contributed by atoms with E-state index >= 15 is 0 Å². The van der Waals surface area contributed by atoms with Crippen LogP contribution in [0.1, 0.15) is 47.5 Å². The molecule has 0 N–H and O–H groups in total. The number of hydrogen-bond acceptors (Lipinski definition) is 3. The number of nitrogens with zero attached hydrogens (tertiary/aromatic N) is 3. The molecule has 1 fully saturated rings. The van der Waals surface area contributed by atoms with Gasteiger partial charge in [0.25, 0.3) is 0 Å². The molecule has 2 heterocycles. The molecule has 0 unspecified atom stereocenters. The summed E-state index contributed by atoms with van der Waals surface area (Å²) >= 11 is 1.66. The summed E-state index contributed by atoms with van der Waals surface area (Å²) in [5.74, 6) is -0.147. The molecular formula is C21H24FN3OS. The van der Waals surface area contributed by atoms with Crippen LogP contribution < -0.4 is 0 Å². The predicted molar refractivity (Wildman–Crippen MR) is 106 cm³/mol. The van der Waals surface area contributed by atoms with E-state index in [1.807, 2.05) is 18.9 Å². The molecule has 0 saturated heterocycles. The summed E-state index contributed by atoms with van der Waals surface area (Å²) < 4.78 is 15.5. The molecule has 1 amide bonds. The van der Waals surface area contributed by atoms with Crippen LogP contribution in [0.4, 0.5) is 4.39 Å². The number of carbonyl (C=O) groups excluding carboxylic acids is 1. The van der Waals surface area contributed by atoms with Crippen molar-refractivity contribution in [2.75, 3.05) is 7.05 Å². The molecule has 0 bridgehead atoms. The second-order valence-corrected chi connectivity index (χ2v) is 8.81. The number of thiazole rings is 1. The van der Waals surface area contributed by atoms with Crippen LogP contribution in [0.3, 0.4) is 0 Å². The molecule has 0 atom stereocenters. The van der Waals surface area contributed by atoms with Crippen molar-refractivity contribution in [2.24, 2.45) is 0 Å². The highest BCUT2D eigenvalue weighted by molar-refractivity contribution is 7.17. The van der Waals surface area contributed by atoms with Crippen LogP contribution in [0.25, 0.3) is 4.96 Å². The highest BCUT2D eigenvalue weighted by Gasteiger charge is 2.44. The number of imidazole rings is 1. The summed E-state index contributed by atoms with van der Waals surface area (Å²) in [6.45, 7) is 4.58. The van der Waals surface area contributed by atoms with Crippen molar-refractivity contribution in [3.63, 3.8) is 0 Å². The molecule has 1 aliphatic carbocycles. The summed E-state index contributed by atoms with van der Waals surface area (Å²) in [5.41, 5.74) is 2.41. The van der Waals surface area contributed by atoms with Crippen LogP contribution in [0.5, 0.6) is 0 Å². The van der Waals surface area contributed by atoms with Crippen molar-refractivity contribution in [3.05, 3.63) is 58.1 Å². The zero-order valence-corrected chi connectivity index (χ0v) is 16.8. The average Bonchev–Trinajstić information content (AvgIpc) is 3.32. The van der Waals surface area contributed by atoms with Crippen molar-refractivity contribution in [1.82, 2.24) is 14.3 Å². The lowest BCUT2D eigenvalue weighted by atomic mass is 9.77. The first kappa shape index (κ1) is 18.2.